The average Bonchev–Trinajstić information content (AvgIpc) is 3.08. The molecule has 1 amide bonds. The number of ether oxygens (including phenoxy) is 1. The maximum absolute atomic E-state index is 12.3. The van der Waals surface area contributed by atoms with E-state index in [1.807, 2.05) is 60.0 Å². The lowest BCUT2D eigenvalue weighted by Crippen LogP contribution is -2.24. The molecule has 2 aromatic heterocycles. The fourth-order valence-corrected chi connectivity index (χ4v) is 3.28. The van der Waals surface area contributed by atoms with Gasteiger partial charge in [0.1, 0.15) is 5.75 Å². The number of aromatic nitrogens is 2. The van der Waals surface area contributed by atoms with Crippen molar-refractivity contribution in [1.29, 1.82) is 0 Å². The van der Waals surface area contributed by atoms with Gasteiger partial charge >= 0.3 is 0 Å². The van der Waals surface area contributed by atoms with Gasteiger partial charge < -0.3 is 14.6 Å². The molecule has 0 saturated carbocycles. The Morgan fingerprint density at radius 3 is 2.52 bits per heavy atom. The first kappa shape index (κ1) is 20.3. The molecule has 0 radical (unpaired) electrons. The molecule has 0 aliphatic heterocycles. The van der Waals surface area contributed by atoms with Gasteiger partial charge in [-0.2, -0.15) is 0 Å². The van der Waals surface area contributed by atoms with Gasteiger partial charge in [0.2, 0.25) is 5.91 Å². The van der Waals surface area contributed by atoms with Crippen molar-refractivity contribution in [3.05, 3.63) is 71.7 Å². The second-order valence-corrected chi connectivity index (χ2v) is 6.81. The van der Waals surface area contributed by atoms with E-state index in [4.69, 9.17) is 4.74 Å². The van der Waals surface area contributed by atoms with E-state index in [1.165, 1.54) is 0 Å². The summed E-state index contributed by atoms with van der Waals surface area (Å²) in [6.07, 6.45) is 2.01. The Morgan fingerprint density at radius 1 is 1.14 bits per heavy atom. The van der Waals surface area contributed by atoms with Gasteiger partial charge in [0.25, 0.3) is 0 Å². The Hall–Kier alpha value is -3.41. The molecule has 0 aliphatic carbocycles. The van der Waals surface area contributed by atoms with Gasteiger partial charge in [-0.3, -0.25) is 14.6 Å². The molecule has 0 saturated heterocycles. The summed E-state index contributed by atoms with van der Waals surface area (Å²) in [5.74, 6) is 0.716. The Kier molecular flexibility index (Phi) is 6.44. The number of benzene rings is 1. The van der Waals surface area contributed by atoms with E-state index in [1.54, 1.807) is 20.2 Å². The first-order chi connectivity index (χ1) is 14.0. The maximum Gasteiger partial charge on any atom is 0.222 e. The lowest BCUT2D eigenvalue weighted by Gasteiger charge is -2.13. The van der Waals surface area contributed by atoms with Crippen LogP contribution in [0.25, 0.3) is 11.3 Å². The van der Waals surface area contributed by atoms with Crippen LogP contribution in [0.15, 0.2) is 54.7 Å². The van der Waals surface area contributed by atoms with E-state index in [2.05, 4.69) is 10.3 Å². The van der Waals surface area contributed by atoms with Crippen molar-refractivity contribution in [3.63, 3.8) is 0 Å². The van der Waals surface area contributed by atoms with E-state index in [0.29, 0.717) is 25.1 Å². The van der Waals surface area contributed by atoms with Crippen LogP contribution < -0.4 is 10.1 Å². The van der Waals surface area contributed by atoms with Crippen LogP contribution in [0.3, 0.4) is 0 Å². The Labute approximate surface area is 170 Å². The molecular formula is C23H25N3O3. The molecule has 0 aliphatic rings. The van der Waals surface area contributed by atoms with Gasteiger partial charge in [-0.05, 0) is 61.9 Å². The number of Topliss-reactive ketones (excluding diaryl/α,β-unsaturated/α-hetero) is 1. The molecule has 0 unspecified atom stereocenters. The first-order valence-corrected chi connectivity index (χ1v) is 9.51. The third kappa shape index (κ3) is 4.90. The summed E-state index contributed by atoms with van der Waals surface area (Å²) in [6.45, 7) is 4.35. The smallest absolute Gasteiger partial charge is 0.222 e. The summed E-state index contributed by atoms with van der Waals surface area (Å²) in [5.41, 5.74) is 4.23. The van der Waals surface area contributed by atoms with Crippen LogP contribution in [0.2, 0.25) is 0 Å². The zero-order chi connectivity index (χ0) is 20.8. The van der Waals surface area contributed by atoms with Crippen LogP contribution in [-0.2, 0) is 17.9 Å². The molecule has 1 N–H and O–H groups in total. The van der Waals surface area contributed by atoms with Crippen LogP contribution in [0.1, 0.15) is 35.1 Å². The van der Waals surface area contributed by atoms with Gasteiger partial charge in [-0.15, -0.1) is 0 Å². The summed E-state index contributed by atoms with van der Waals surface area (Å²) in [5, 5.41) is 2.89. The molecular weight excluding hydrogens is 366 g/mol. The summed E-state index contributed by atoms with van der Waals surface area (Å²) in [4.78, 5) is 28.6. The number of nitrogens with one attached hydrogen (secondary N) is 1. The third-order valence-corrected chi connectivity index (χ3v) is 4.89. The van der Waals surface area contributed by atoms with Crippen molar-refractivity contribution >= 4 is 11.7 Å². The number of hydrogen-bond acceptors (Lipinski definition) is 4. The summed E-state index contributed by atoms with van der Waals surface area (Å²) in [7, 11) is 1.62. The fourth-order valence-electron chi connectivity index (χ4n) is 3.28. The number of methoxy groups -OCH3 is 1. The standard InChI is InChI=1S/C23H25N3O3/c1-16-21(17(2)27)14-22(18-7-9-20(29-3)10-8-18)26(16)13-11-23(28)25-15-19-6-4-5-12-24-19/h4-10,12,14H,11,13,15H2,1-3H3,(H,25,28). The molecule has 2 heterocycles. The highest BCUT2D eigenvalue weighted by atomic mass is 16.5. The molecule has 3 rings (SSSR count). The summed E-state index contributed by atoms with van der Waals surface area (Å²) in [6, 6.07) is 15.2. The second-order valence-electron chi connectivity index (χ2n) is 6.81. The zero-order valence-electron chi connectivity index (χ0n) is 16.9. The minimum atomic E-state index is -0.0613. The molecule has 6 heteroatoms. The van der Waals surface area contributed by atoms with E-state index >= 15 is 0 Å². The van der Waals surface area contributed by atoms with Gasteiger partial charge in [0.15, 0.2) is 5.78 Å². The minimum Gasteiger partial charge on any atom is -0.497 e. The molecule has 29 heavy (non-hydrogen) atoms. The third-order valence-electron chi connectivity index (χ3n) is 4.89. The number of nitrogens with zero attached hydrogens (tertiary/aromatic N) is 2. The largest absolute Gasteiger partial charge is 0.497 e. The summed E-state index contributed by atoms with van der Waals surface area (Å²) < 4.78 is 7.25. The van der Waals surface area contributed by atoms with E-state index in [0.717, 1.165) is 28.4 Å². The van der Waals surface area contributed by atoms with E-state index in [-0.39, 0.29) is 11.7 Å². The highest BCUT2D eigenvalue weighted by Crippen LogP contribution is 2.28. The Morgan fingerprint density at radius 2 is 1.90 bits per heavy atom. The van der Waals surface area contributed by atoms with E-state index < -0.39 is 0 Å². The number of ketones is 1. The fraction of sp³-hybridized carbons (Fsp3) is 0.261. The lowest BCUT2D eigenvalue weighted by atomic mass is 10.1. The normalized spacial score (nSPS) is 10.6. The van der Waals surface area contributed by atoms with Crippen molar-refractivity contribution < 1.29 is 14.3 Å². The van der Waals surface area contributed by atoms with Crippen LogP contribution in [0.4, 0.5) is 0 Å². The predicted molar refractivity (Wildman–Crippen MR) is 112 cm³/mol. The monoisotopic (exact) mass is 391 g/mol. The highest BCUT2D eigenvalue weighted by Gasteiger charge is 2.17. The summed E-state index contributed by atoms with van der Waals surface area (Å²) >= 11 is 0. The maximum atomic E-state index is 12.3. The van der Waals surface area contributed by atoms with Crippen molar-refractivity contribution in [1.82, 2.24) is 14.9 Å². The van der Waals surface area contributed by atoms with Crippen molar-refractivity contribution in [2.75, 3.05) is 7.11 Å². The number of pyridine rings is 1. The molecule has 0 fully saturated rings. The van der Waals surface area contributed by atoms with Crippen LogP contribution in [0.5, 0.6) is 5.75 Å². The van der Waals surface area contributed by atoms with Crippen LogP contribution >= 0.6 is 0 Å². The van der Waals surface area contributed by atoms with Gasteiger partial charge in [-0.1, -0.05) is 6.07 Å². The number of carbonyl (C=O) groups excluding carboxylic acids is 2. The van der Waals surface area contributed by atoms with Gasteiger partial charge in [-0.25, -0.2) is 0 Å². The lowest BCUT2D eigenvalue weighted by molar-refractivity contribution is -0.121. The van der Waals surface area contributed by atoms with E-state index in [9.17, 15) is 9.59 Å². The molecule has 1 aromatic carbocycles. The predicted octanol–water partition coefficient (Wildman–Crippen LogP) is 3.78. The average molecular weight is 391 g/mol. The Balaban J connectivity index is 1.76. The second kappa shape index (κ2) is 9.19. The SMILES string of the molecule is COc1ccc(-c2cc(C(C)=O)c(C)n2CCC(=O)NCc2ccccn2)cc1. The topological polar surface area (TPSA) is 73.2 Å². The van der Waals surface area contributed by atoms with Crippen molar-refractivity contribution in [2.24, 2.45) is 0 Å². The molecule has 0 spiro atoms. The molecule has 3 aromatic rings. The highest BCUT2D eigenvalue weighted by molar-refractivity contribution is 5.96. The van der Waals surface area contributed by atoms with Crippen molar-refractivity contribution in [2.45, 2.75) is 33.4 Å². The van der Waals surface area contributed by atoms with Gasteiger partial charge in [0, 0.05) is 36.1 Å². The van der Waals surface area contributed by atoms with Crippen LogP contribution in [-0.4, -0.2) is 28.4 Å². The van der Waals surface area contributed by atoms with Crippen molar-refractivity contribution in [3.8, 4) is 17.0 Å². The minimum absolute atomic E-state index is 0.00983. The quantitative estimate of drug-likeness (QED) is 0.593. The molecule has 0 bridgehead atoms. The number of amides is 1. The first-order valence-electron chi connectivity index (χ1n) is 9.51. The van der Waals surface area contributed by atoms with Crippen LogP contribution in [0, 0.1) is 6.92 Å². The number of carbonyl (C=O) groups is 2. The van der Waals surface area contributed by atoms with Gasteiger partial charge in [0.05, 0.1) is 19.3 Å². The molecule has 150 valence electrons. The Bertz CT molecular complexity index is 992. The zero-order valence-corrected chi connectivity index (χ0v) is 16.9. The molecule has 0 atom stereocenters. The number of hydrogen-bond donors (Lipinski definition) is 1. The number of rotatable bonds is 8. The molecule has 6 nitrogen and oxygen atoms in total.